The smallest absolute Gasteiger partial charge is 0.311 e. The van der Waals surface area contributed by atoms with Crippen LogP contribution in [0.1, 0.15) is 37.3 Å². The number of benzene rings is 2. The summed E-state index contributed by atoms with van der Waals surface area (Å²) in [7, 11) is 1.60. The van der Waals surface area contributed by atoms with Gasteiger partial charge in [-0.1, -0.05) is 19.9 Å². The fourth-order valence-corrected chi connectivity index (χ4v) is 3.64. The second-order valence-corrected chi connectivity index (χ2v) is 6.76. The first kappa shape index (κ1) is 17.5. The molecular weight excluding hydrogens is 344 g/mol. The van der Waals surface area contributed by atoms with Gasteiger partial charge in [0.1, 0.15) is 23.0 Å². The van der Waals surface area contributed by atoms with Crippen LogP contribution in [-0.4, -0.2) is 19.7 Å². The molecule has 5 heteroatoms. The SMILES string of the molecule is C=C1CC(=O)OC12c1ccc(OC)cc1Oc1cc(OCCCC)ccc12. The van der Waals surface area contributed by atoms with Gasteiger partial charge < -0.3 is 18.9 Å². The van der Waals surface area contributed by atoms with Crippen LogP contribution in [0, 0.1) is 0 Å². The van der Waals surface area contributed by atoms with Gasteiger partial charge in [0.2, 0.25) is 0 Å². The summed E-state index contributed by atoms with van der Waals surface area (Å²) in [5.41, 5.74) is 1.18. The molecule has 27 heavy (non-hydrogen) atoms. The van der Waals surface area contributed by atoms with E-state index in [1.807, 2.05) is 30.3 Å². The zero-order valence-corrected chi connectivity index (χ0v) is 15.5. The Labute approximate surface area is 158 Å². The summed E-state index contributed by atoms with van der Waals surface area (Å²) in [5, 5.41) is 0. The predicted molar refractivity (Wildman–Crippen MR) is 101 cm³/mol. The Kier molecular flexibility index (Phi) is 4.30. The van der Waals surface area contributed by atoms with Gasteiger partial charge in [-0.3, -0.25) is 4.79 Å². The monoisotopic (exact) mass is 366 g/mol. The molecule has 2 heterocycles. The zero-order chi connectivity index (χ0) is 19.0. The number of rotatable bonds is 5. The van der Waals surface area contributed by atoms with Crippen LogP contribution >= 0.6 is 0 Å². The Morgan fingerprint density at radius 1 is 1.11 bits per heavy atom. The quantitative estimate of drug-likeness (QED) is 0.435. The molecule has 0 saturated carbocycles. The molecule has 2 aromatic carbocycles. The number of carbonyl (C=O) groups excluding carboxylic acids is 1. The molecule has 2 aliphatic heterocycles. The molecule has 1 atom stereocenters. The van der Waals surface area contributed by atoms with Crippen molar-refractivity contribution < 1.29 is 23.7 Å². The number of esters is 1. The lowest BCUT2D eigenvalue weighted by atomic mass is 9.78. The fraction of sp³-hybridized carbons (Fsp3) is 0.318. The van der Waals surface area contributed by atoms with E-state index in [4.69, 9.17) is 18.9 Å². The predicted octanol–water partition coefficient (Wildman–Crippen LogP) is 4.73. The van der Waals surface area contributed by atoms with E-state index in [2.05, 4.69) is 13.5 Å². The summed E-state index contributed by atoms with van der Waals surface area (Å²) < 4.78 is 23.1. The third-order valence-corrected chi connectivity index (χ3v) is 5.01. The summed E-state index contributed by atoms with van der Waals surface area (Å²) in [5.74, 6) is 2.28. The first-order valence-electron chi connectivity index (χ1n) is 9.12. The van der Waals surface area contributed by atoms with E-state index in [1.165, 1.54) is 0 Å². The second-order valence-electron chi connectivity index (χ2n) is 6.76. The third kappa shape index (κ3) is 2.74. The summed E-state index contributed by atoms with van der Waals surface area (Å²) >= 11 is 0. The lowest BCUT2D eigenvalue weighted by Gasteiger charge is -2.36. The molecule has 0 bridgehead atoms. The van der Waals surface area contributed by atoms with Crippen LogP contribution in [-0.2, 0) is 15.1 Å². The molecule has 2 aliphatic rings. The highest BCUT2D eigenvalue weighted by atomic mass is 16.6. The van der Waals surface area contributed by atoms with Gasteiger partial charge >= 0.3 is 5.97 Å². The molecule has 140 valence electrons. The minimum Gasteiger partial charge on any atom is -0.497 e. The van der Waals surface area contributed by atoms with Crippen molar-refractivity contribution in [2.45, 2.75) is 31.8 Å². The molecule has 0 aromatic heterocycles. The van der Waals surface area contributed by atoms with Crippen molar-refractivity contribution in [3.05, 3.63) is 59.7 Å². The van der Waals surface area contributed by atoms with Gasteiger partial charge in [-0.2, -0.15) is 0 Å². The van der Waals surface area contributed by atoms with Crippen LogP contribution in [0.5, 0.6) is 23.0 Å². The van der Waals surface area contributed by atoms with E-state index < -0.39 is 5.60 Å². The first-order chi connectivity index (χ1) is 13.1. The summed E-state index contributed by atoms with van der Waals surface area (Å²) in [6.45, 7) is 6.90. The largest absolute Gasteiger partial charge is 0.497 e. The number of methoxy groups -OCH3 is 1. The number of ether oxygens (including phenoxy) is 4. The third-order valence-electron chi connectivity index (χ3n) is 5.01. The van der Waals surface area contributed by atoms with Gasteiger partial charge in [-0.15, -0.1) is 0 Å². The number of hydrogen-bond acceptors (Lipinski definition) is 5. The molecule has 1 unspecified atom stereocenters. The van der Waals surface area contributed by atoms with Crippen LogP contribution in [0.15, 0.2) is 48.6 Å². The Bertz CT molecular complexity index is 917. The standard InChI is InChI=1S/C22H22O5/c1-4-5-10-25-16-7-9-18-20(13-16)26-19-12-15(24-3)6-8-17(19)22(18)14(2)11-21(23)27-22/h6-9,12-13H,2,4-5,10-11H2,1,3H3. The Balaban J connectivity index is 1.83. The Morgan fingerprint density at radius 2 is 1.78 bits per heavy atom. The first-order valence-corrected chi connectivity index (χ1v) is 9.12. The maximum Gasteiger partial charge on any atom is 0.311 e. The van der Waals surface area contributed by atoms with Gasteiger partial charge in [0, 0.05) is 23.3 Å². The van der Waals surface area contributed by atoms with Crippen LogP contribution < -0.4 is 14.2 Å². The van der Waals surface area contributed by atoms with Crippen LogP contribution in [0.4, 0.5) is 0 Å². The van der Waals surface area contributed by atoms with Crippen molar-refractivity contribution in [1.29, 1.82) is 0 Å². The van der Waals surface area contributed by atoms with Crippen molar-refractivity contribution >= 4 is 5.97 Å². The molecule has 2 aromatic rings. The molecule has 1 fully saturated rings. The number of fused-ring (bicyclic) bond motifs is 4. The molecule has 0 amide bonds. The van der Waals surface area contributed by atoms with Crippen LogP contribution in [0.2, 0.25) is 0 Å². The molecule has 1 spiro atoms. The van der Waals surface area contributed by atoms with Crippen LogP contribution in [0.25, 0.3) is 0 Å². The maximum absolute atomic E-state index is 12.1. The number of unbranched alkanes of at least 4 members (excludes halogenated alkanes) is 1. The van der Waals surface area contributed by atoms with Crippen molar-refractivity contribution in [1.82, 2.24) is 0 Å². The average molecular weight is 366 g/mol. The maximum atomic E-state index is 12.1. The molecule has 0 radical (unpaired) electrons. The van der Waals surface area contributed by atoms with Crippen molar-refractivity contribution in [3.63, 3.8) is 0 Å². The zero-order valence-electron chi connectivity index (χ0n) is 15.5. The molecular formula is C22H22O5. The topological polar surface area (TPSA) is 54.0 Å². The number of carbonyl (C=O) groups is 1. The fourth-order valence-electron chi connectivity index (χ4n) is 3.64. The minimum absolute atomic E-state index is 0.180. The minimum atomic E-state index is -1.03. The molecule has 0 aliphatic carbocycles. The van der Waals surface area contributed by atoms with Crippen molar-refractivity contribution in [2.75, 3.05) is 13.7 Å². The highest BCUT2D eigenvalue weighted by Crippen LogP contribution is 2.56. The van der Waals surface area contributed by atoms with E-state index in [0.717, 1.165) is 29.7 Å². The molecule has 0 N–H and O–H groups in total. The van der Waals surface area contributed by atoms with E-state index in [1.54, 1.807) is 13.2 Å². The highest BCUT2D eigenvalue weighted by Gasteiger charge is 2.52. The van der Waals surface area contributed by atoms with E-state index in [-0.39, 0.29) is 12.4 Å². The average Bonchev–Trinajstić information content (AvgIpc) is 2.96. The van der Waals surface area contributed by atoms with E-state index in [9.17, 15) is 4.79 Å². The summed E-state index contributed by atoms with van der Waals surface area (Å²) in [6.07, 6.45) is 2.23. The normalized spacial score (nSPS) is 19.9. The number of hydrogen-bond donors (Lipinski definition) is 0. The van der Waals surface area contributed by atoms with Gasteiger partial charge in [-0.25, -0.2) is 0 Å². The van der Waals surface area contributed by atoms with E-state index >= 15 is 0 Å². The summed E-state index contributed by atoms with van der Waals surface area (Å²) in [4.78, 5) is 12.1. The second kappa shape index (κ2) is 6.65. The summed E-state index contributed by atoms with van der Waals surface area (Å²) in [6, 6.07) is 11.1. The van der Waals surface area contributed by atoms with E-state index in [0.29, 0.717) is 29.4 Å². The lowest BCUT2D eigenvalue weighted by Crippen LogP contribution is -2.32. The van der Waals surface area contributed by atoms with Crippen molar-refractivity contribution in [2.24, 2.45) is 0 Å². The van der Waals surface area contributed by atoms with Crippen LogP contribution in [0.3, 0.4) is 0 Å². The van der Waals surface area contributed by atoms with Gasteiger partial charge in [0.15, 0.2) is 5.60 Å². The van der Waals surface area contributed by atoms with Crippen molar-refractivity contribution in [3.8, 4) is 23.0 Å². The highest BCUT2D eigenvalue weighted by molar-refractivity contribution is 5.81. The van der Waals surface area contributed by atoms with Gasteiger partial charge in [0.05, 0.1) is 20.1 Å². The molecule has 1 saturated heterocycles. The van der Waals surface area contributed by atoms with Gasteiger partial charge in [-0.05, 0) is 36.3 Å². The van der Waals surface area contributed by atoms with Gasteiger partial charge in [0.25, 0.3) is 0 Å². The Hall–Kier alpha value is -2.95. The lowest BCUT2D eigenvalue weighted by molar-refractivity contribution is -0.146. The molecule has 5 nitrogen and oxygen atoms in total. The molecule has 4 rings (SSSR count). The Morgan fingerprint density at radius 3 is 2.37 bits per heavy atom.